The van der Waals surface area contributed by atoms with Crippen LogP contribution < -0.4 is 15.8 Å². The minimum Gasteiger partial charge on any atom is -0.406 e. The topological polar surface area (TPSA) is 107 Å². The van der Waals surface area contributed by atoms with Gasteiger partial charge in [-0.3, -0.25) is 14.9 Å². The zero-order valence-corrected chi connectivity index (χ0v) is 11.8. The number of carbonyl (C=O) groups is 1. The third-order valence-electron chi connectivity index (χ3n) is 2.85. The number of rotatable bonds is 5. The number of nitro groups is 1. The predicted octanol–water partition coefficient (Wildman–Crippen LogP) is 3.34. The first kappa shape index (κ1) is 17.1. The molecule has 0 aliphatic rings. The van der Waals surface area contributed by atoms with E-state index >= 15 is 0 Å². The molecule has 126 valence electrons. The molecule has 0 bridgehead atoms. The Balaban J connectivity index is 2.24. The van der Waals surface area contributed by atoms with Gasteiger partial charge < -0.3 is 15.8 Å². The number of carbonyl (C=O) groups excluding carboxylic acids is 1. The van der Waals surface area contributed by atoms with E-state index in [1.165, 1.54) is 24.3 Å². The van der Waals surface area contributed by atoms with Gasteiger partial charge in [-0.05, 0) is 36.4 Å². The number of ether oxygens (including phenoxy) is 1. The highest BCUT2D eigenvalue weighted by atomic mass is 19.4. The second kappa shape index (κ2) is 6.44. The summed E-state index contributed by atoms with van der Waals surface area (Å²) in [7, 11) is 0. The van der Waals surface area contributed by atoms with E-state index in [1.54, 1.807) is 0 Å². The molecule has 0 radical (unpaired) electrons. The maximum Gasteiger partial charge on any atom is 0.573 e. The van der Waals surface area contributed by atoms with Gasteiger partial charge in [0.15, 0.2) is 0 Å². The molecule has 0 fully saturated rings. The number of hydrogen-bond donors (Lipinski definition) is 2. The fourth-order valence-corrected chi connectivity index (χ4v) is 1.84. The number of benzene rings is 2. The Hall–Kier alpha value is -3.30. The molecule has 2 rings (SSSR count). The molecule has 0 saturated carbocycles. The van der Waals surface area contributed by atoms with Crippen LogP contribution in [0.1, 0.15) is 10.4 Å². The van der Waals surface area contributed by atoms with Crippen molar-refractivity contribution in [2.75, 3.05) is 5.32 Å². The fraction of sp³-hybridized carbons (Fsp3) is 0.0714. The smallest absolute Gasteiger partial charge is 0.406 e. The molecule has 0 saturated heterocycles. The molecule has 0 aliphatic carbocycles. The van der Waals surface area contributed by atoms with Crippen molar-refractivity contribution in [3.63, 3.8) is 0 Å². The van der Waals surface area contributed by atoms with Crippen LogP contribution in [-0.4, -0.2) is 17.2 Å². The SMILES string of the molecule is NC(=O)c1ccc(Nc2ccc(OC(F)(F)F)cc2)c([N+](=O)[O-])c1. The number of alkyl halides is 3. The van der Waals surface area contributed by atoms with E-state index in [4.69, 9.17) is 5.73 Å². The number of primary amides is 1. The summed E-state index contributed by atoms with van der Waals surface area (Å²) < 4.78 is 40.0. The van der Waals surface area contributed by atoms with Gasteiger partial charge in [-0.1, -0.05) is 0 Å². The number of amides is 1. The molecule has 1 amide bonds. The number of nitrogens with two attached hydrogens (primary N) is 1. The number of nitrogens with zero attached hydrogens (tertiary/aromatic N) is 1. The molecule has 24 heavy (non-hydrogen) atoms. The monoisotopic (exact) mass is 341 g/mol. The van der Waals surface area contributed by atoms with Gasteiger partial charge in [0.05, 0.1) is 4.92 Å². The van der Waals surface area contributed by atoms with Crippen LogP contribution in [0.15, 0.2) is 42.5 Å². The van der Waals surface area contributed by atoms with Crippen LogP contribution >= 0.6 is 0 Å². The zero-order chi connectivity index (χ0) is 17.9. The molecule has 7 nitrogen and oxygen atoms in total. The van der Waals surface area contributed by atoms with E-state index in [9.17, 15) is 28.1 Å². The van der Waals surface area contributed by atoms with Crippen LogP contribution in [-0.2, 0) is 0 Å². The third kappa shape index (κ3) is 4.35. The van der Waals surface area contributed by atoms with Crippen LogP contribution in [0.25, 0.3) is 0 Å². The maximum absolute atomic E-state index is 12.1. The largest absolute Gasteiger partial charge is 0.573 e. The highest BCUT2D eigenvalue weighted by Gasteiger charge is 2.31. The first-order valence-electron chi connectivity index (χ1n) is 6.37. The van der Waals surface area contributed by atoms with Crippen LogP contribution in [0.4, 0.5) is 30.2 Å². The average Bonchev–Trinajstić information content (AvgIpc) is 2.47. The Kier molecular flexibility index (Phi) is 4.58. The molecule has 2 aromatic rings. The van der Waals surface area contributed by atoms with Crippen molar-refractivity contribution in [2.45, 2.75) is 6.36 Å². The lowest BCUT2D eigenvalue weighted by molar-refractivity contribution is -0.383. The highest BCUT2D eigenvalue weighted by molar-refractivity contribution is 5.94. The highest BCUT2D eigenvalue weighted by Crippen LogP contribution is 2.30. The van der Waals surface area contributed by atoms with Crippen molar-refractivity contribution < 1.29 is 27.6 Å². The number of anilines is 2. The lowest BCUT2D eigenvalue weighted by Crippen LogP contribution is -2.17. The zero-order valence-electron chi connectivity index (χ0n) is 11.8. The van der Waals surface area contributed by atoms with Gasteiger partial charge in [0, 0.05) is 17.3 Å². The Morgan fingerprint density at radius 3 is 2.29 bits per heavy atom. The van der Waals surface area contributed by atoms with E-state index < -0.39 is 28.6 Å². The molecule has 2 aromatic carbocycles. The van der Waals surface area contributed by atoms with Gasteiger partial charge in [-0.2, -0.15) is 0 Å². The van der Waals surface area contributed by atoms with Gasteiger partial charge >= 0.3 is 6.36 Å². The Morgan fingerprint density at radius 2 is 1.79 bits per heavy atom. The first-order valence-corrected chi connectivity index (χ1v) is 6.37. The Morgan fingerprint density at radius 1 is 1.17 bits per heavy atom. The normalized spacial score (nSPS) is 11.0. The van der Waals surface area contributed by atoms with Crippen molar-refractivity contribution in [2.24, 2.45) is 5.73 Å². The summed E-state index contributed by atoms with van der Waals surface area (Å²) in [6.45, 7) is 0. The minimum absolute atomic E-state index is 0.0406. The van der Waals surface area contributed by atoms with Gasteiger partial charge in [-0.15, -0.1) is 13.2 Å². The van der Waals surface area contributed by atoms with Gasteiger partial charge in [0.25, 0.3) is 5.69 Å². The summed E-state index contributed by atoms with van der Waals surface area (Å²) in [4.78, 5) is 21.4. The number of nitrogens with one attached hydrogen (secondary N) is 1. The van der Waals surface area contributed by atoms with Gasteiger partial charge in [-0.25, -0.2) is 0 Å². The number of hydrogen-bond acceptors (Lipinski definition) is 5. The van der Waals surface area contributed by atoms with Crippen molar-refractivity contribution in [3.05, 3.63) is 58.1 Å². The van der Waals surface area contributed by atoms with Gasteiger partial charge in [0.2, 0.25) is 5.91 Å². The quantitative estimate of drug-likeness (QED) is 0.640. The molecule has 10 heteroatoms. The summed E-state index contributed by atoms with van der Waals surface area (Å²) in [5, 5.41) is 13.7. The van der Waals surface area contributed by atoms with E-state index in [0.29, 0.717) is 5.69 Å². The number of nitro benzene ring substituents is 1. The van der Waals surface area contributed by atoms with Crippen LogP contribution in [0.2, 0.25) is 0 Å². The summed E-state index contributed by atoms with van der Waals surface area (Å²) in [6, 6.07) is 8.20. The molecule has 0 aromatic heterocycles. The van der Waals surface area contributed by atoms with Gasteiger partial charge in [0.1, 0.15) is 11.4 Å². The van der Waals surface area contributed by atoms with E-state index in [2.05, 4.69) is 10.1 Å². The Bertz CT molecular complexity index is 776. The van der Waals surface area contributed by atoms with Crippen molar-refractivity contribution in [3.8, 4) is 5.75 Å². The molecular formula is C14H10F3N3O4. The minimum atomic E-state index is -4.81. The summed E-state index contributed by atoms with van der Waals surface area (Å²) in [5.41, 5.74) is 4.96. The molecule has 0 spiro atoms. The first-order chi connectivity index (χ1) is 11.2. The lowest BCUT2D eigenvalue weighted by atomic mass is 10.1. The molecule has 0 atom stereocenters. The van der Waals surface area contributed by atoms with E-state index in [1.807, 2.05) is 0 Å². The second-order valence-corrected chi connectivity index (χ2v) is 4.55. The lowest BCUT2D eigenvalue weighted by Gasteiger charge is -2.11. The molecule has 3 N–H and O–H groups in total. The van der Waals surface area contributed by atoms with Crippen molar-refractivity contribution in [1.29, 1.82) is 0 Å². The van der Waals surface area contributed by atoms with Crippen LogP contribution in [0.3, 0.4) is 0 Å². The second-order valence-electron chi connectivity index (χ2n) is 4.55. The molecule has 0 unspecified atom stereocenters. The Labute approximate surface area is 133 Å². The molecule has 0 heterocycles. The standard InChI is InChI=1S/C14H10F3N3O4/c15-14(16,17)24-10-4-2-9(3-5-10)19-11-6-1-8(13(18)21)7-12(11)20(22)23/h1-7,19H,(H2,18,21). The van der Waals surface area contributed by atoms with Crippen molar-refractivity contribution >= 4 is 23.0 Å². The average molecular weight is 341 g/mol. The van der Waals surface area contributed by atoms with E-state index in [0.717, 1.165) is 18.2 Å². The summed E-state index contributed by atoms with van der Waals surface area (Å²) in [6.07, 6.45) is -4.81. The number of halogens is 3. The summed E-state index contributed by atoms with van der Waals surface area (Å²) in [5.74, 6) is -1.25. The molecular weight excluding hydrogens is 331 g/mol. The predicted molar refractivity (Wildman–Crippen MR) is 78.0 cm³/mol. The van der Waals surface area contributed by atoms with E-state index in [-0.39, 0.29) is 11.3 Å². The van der Waals surface area contributed by atoms with Crippen LogP contribution in [0, 0.1) is 10.1 Å². The maximum atomic E-state index is 12.1. The van der Waals surface area contributed by atoms with Crippen LogP contribution in [0.5, 0.6) is 5.75 Å². The van der Waals surface area contributed by atoms with Crippen molar-refractivity contribution in [1.82, 2.24) is 0 Å². The fourth-order valence-electron chi connectivity index (χ4n) is 1.84. The summed E-state index contributed by atoms with van der Waals surface area (Å²) >= 11 is 0. The molecule has 0 aliphatic heterocycles. The third-order valence-corrected chi connectivity index (χ3v) is 2.85.